The van der Waals surface area contributed by atoms with Crippen molar-refractivity contribution in [2.75, 3.05) is 14.1 Å². The number of aromatic nitrogens is 3. The summed E-state index contributed by atoms with van der Waals surface area (Å²) in [4.78, 5) is 147. The second-order valence-electron chi connectivity index (χ2n) is 25.0. The lowest BCUT2D eigenvalue weighted by Crippen LogP contribution is -2.22. The molecule has 0 unspecified atom stereocenters. The van der Waals surface area contributed by atoms with Crippen LogP contribution in [0.5, 0.6) is 5.75 Å². The molecular weight excluding hydrogens is 1290 g/mol. The first kappa shape index (κ1) is 105. The molecule has 3 aromatic carbocycles. The summed E-state index contributed by atoms with van der Waals surface area (Å²) in [6, 6.07) is 24.9. The van der Waals surface area contributed by atoms with E-state index in [2.05, 4.69) is 15.1 Å². The summed E-state index contributed by atoms with van der Waals surface area (Å²) in [5.41, 5.74) is 3.38. The van der Waals surface area contributed by atoms with E-state index in [-0.39, 0.29) is 212 Å². The van der Waals surface area contributed by atoms with Crippen LogP contribution in [-0.4, -0.2) is 109 Å². The van der Waals surface area contributed by atoms with Gasteiger partial charge in [-0.1, -0.05) is 212 Å². The third kappa shape index (κ3) is 41.5. The monoisotopic (exact) mass is 1410 g/mol. The van der Waals surface area contributed by atoms with Crippen LogP contribution in [-0.2, 0) is 43.8 Å². The molecule has 1 aliphatic carbocycles. The summed E-state index contributed by atoms with van der Waals surface area (Å²) in [6.45, 7) is 25.7. The van der Waals surface area contributed by atoms with Crippen molar-refractivity contribution in [2.24, 2.45) is 35.5 Å². The molecular formula is C81H127ClN4O14. The van der Waals surface area contributed by atoms with Gasteiger partial charge in [-0.25, -0.2) is 4.98 Å². The van der Waals surface area contributed by atoms with Gasteiger partial charge in [0.1, 0.15) is 63.4 Å². The standard InChI is InChI=1S/C16H20O2.C13H15ClO3.C13H16O2.C12H16N2O2.C11H15NO3.C9H17NO2.7CH4/c1-12(2)14(17)8-9-15(18)16(10-11-16)13-6-4-3-5-7-13;1-8(2)11(15)5-6-12(16)9-3-4-13(17)10(14)7-9;1-10(2)12(14)8-9-13(15)11-6-4-3-5-7-11;1-8(2)11(15)4-5-12(16)10-7-13-9(3)6-14-10;1-7(2)10(13)4-5-11(14)9-6-8(3)15-12-9;1-7(2)8(11)5-6-9(12)10(3)4;;;;;;;/h3-7,12H,8-11H2,1-2H3;3-4,7-8,17H,5-6H2,1-2H3;3-7,10H,8-9H2,1-2H3;6-8H,4-5H2,1-3H3;6-7H,4-5H2,1-3H3;7H,5-6H2,1-4H3;7*1H4. The maximum Gasteiger partial charge on any atom is 0.222 e. The van der Waals surface area contributed by atoms with E-state index in [4.69, 9.17) is 16.1 Å². The largest absolute Gasteiger partial charge is 0.506 e. The zero-order chi connectivity index (χ0) is 70.7. The molecule has 100 heavy (non-hydrogen) atoms. The van der Waals surface area contributed by atoms with Gasteiger partial charge >= 0.3 is 0 Å². The highest BCUT2D eigenvalue weighted by Crippen LogP contribution is 2.49. The summed E-state index contributed by atoms with van der Waals surface area (Å²) in [7, 11) is 3.39. The summed E-state index contributed by atoms with van der Waals surface area (Å²) < 4.78 is 4.78. The first-order valence-electron chi connectivity index (χ1n) is 31.9. The molecule has 562 valence electrons. The lowest BCUT2D eigenvalue weighted by atomic mass is 9.88. The third-order valence-electron chi connectivity index (χ3n) is 14.9. The number of rotatable bonds is 30. The van der Waals surface area contributed by atoms with Gasteiger partial charge in [-0.2, -0.15) is 0 Å². The van der Waals surface area contributed by atoms with E-state index in [1.165, 1.54) is 29.3 Å². The molecule has 0 spiro atoms. The number of hydrogen-bond acceptors (Lipinski definition) is 17. The number of nitrogens with zero attached hydrogens (tertiary/aromatic N) is 4. The second-order valence-corrected chi connectivity index (χ2v) is 25.4. The molecule has 6 rings (SSSR count). The van der Waals surface area contributed by atoms with Crippen LogP contribution in [0.1, 0.15) is 284 Å². The van der Waals surface area contributed by atoms with Crippen molar-refractivity contribution in [2.45, 2.75) is 244 Å². The van der Waals surface area contributed by atoms with Crippen LogP contribution in [0.3, 0.4) is 0 Å². The van der Waals surface area contributed by atoms with Gasteiger partial charge in [-0.05, 0) is 50.5 Å². The number of carbonyl (C=O) groups is 12. The molecule has 1 fully saturated rings. The molecule has 0 aliphatic heterocycles. The minimum atomic E-state index is -0.265. The van der Waals surface area contributed by atoms with E-state index in [1.807, 2.05) is 139 Å². The van der Waals surface area contributed by atoms with E-state index >= 15 is 0 Å². The molecule has 18 nitrogen and oxygen atoms in total. The molecule has 0 atom stereocenters. The summed E-state index contributed by atoms with van der Waals surface area (Å²) in [5, 5.41) is 13.0. The Balaban J connectivity index is -0.000000206. The van der Waals surface area contributed by atoms with Gasteiger partial charge in [0.15, 0.2) is 23.1 Å². The smallest absolute Gasteiger partial charge is 0.222 e. The molecule has 2 aromatic heterocycles. The summed E-state index contributed by atoms with van der Waals surface area (Å²) >= 11 is 5.70. The van der Waals surface area contributed by atoms with Gasteiger partial charge in [0.05, 0.1) is 22.3 Å². The first-order valence-corrected chi connectivity index (χ1v) is 32.3. The van der Waals surface area contributed by atoms with Gasteiger partial charge in [-0.15, -0.1) is 0 Å². The fourth-order valence-electron chi connectivity index (χ4n) is 8.10. The molecule has 1 amide bonds. The van der Waals surface area contributed by atoms with Crippen LogP contribution in [0, 0.1) is 49.4 Å². The lowest BCUT2D eigenvalue weighted by Gasteiger charge is -2.14. The highest BCUT2D eigenvalue weighted by atomic mass is 35.5. The van der Waals surface area contributed by atoms with Crippen LogP contribution in [0.25, 0.3) is 0 Å². The maximum absolute atomic E-state index is 12.3. The van der Waals surface area contributed by atoms with E-state index in [0.717, 1.165) is 24.1 Å². The summed E-state index contributed by atoms with van der Waals surface area (Å²) in [6.07, 6.45) is 8.47. The van der Waals surface area contributed by atoms with Crippen molar-refractivity contribution in [1.29, 1.82) is 0 Å². The molecule has 0 saturated heterocycles. The van der Waals surface area contributed by atoms with Crippen molar-refractivity contribution < 1.29 is 67.2 Å². The molecule has 1 aliphatic rings. The Morgan fingerprint density at radius 2 is 0.800 bits per heavy atom. The molecule has 5 aromatic rings. The van der Waals surface area contributed by atoms with Gasteiger partial charge in [0.2, 0.25) is 5.91 Å². The Kier molecular flexibility index (Phi) is 57.6. The summed E-state index contributed by atoms with van der Waals surface area (Å²) in [5.74, 6) is 1.24. The van der Waals surface area contributed by atoms with E-state index in [1.54, 1.807) is 45.4 Å². The normalized spacial score (nSPS) is 10.8. The van der Waals surface area contributed by atoms with Crippen molar-refractivity contribution in [3.63, 3.8) is 0 Å². The van der Waals surface area contributed by atoms with Gasteiger partial charge in [-0.3, -0.25) is 62.5 Å². The molecule has 0 bridgehead atoms. The first-order chi connectivity index (χ1) is 43.5. The minimum absolute atomic E-state index is 0. The topological polar surface area (TPSA) is 280 Å². The number of phenolic OH excluding ortho intramolecular Hbond substituents is 1. The lowest BCUT2D eigenvalue weighted by molar-refractivity contribution is -0.131. The molecule has 1 saturated carbocycles. The number of benzene rings is 3. The van der Waals surface area contributed by atoms with Crippen molar-refractivity contribution in [3.05, 3.63) is 142 Å². The van der Waals surface area contributed by atoms with E-state index < -0.39 is 0 Å². The average Bonchev–Trinajstić information content (AvgIpc) is 1.61. The SMILES string of the molecule is C.C.C.C.C.C.C.CC(C)C(=O)CCC(=O)C1(c2ccccc2)CC1.CC(C)C(=O)CCC(=O)N(C)C.CC(C)C(=O)CCC(=O)c1ccc(O)c(Cl)c1.CC(C)C(=O)CCC(=O)c1ccccc1.Cc1cc(C(=O)CCC(=O)C(C)C)no1.Cc1cnc(C(=O)CCC(=O)C(C)C)cn1. The van der Waals surface area contributed by atoms with Gasteiger partial charge in [0.25, 0.3) is 0 Å². The Hall–Kier alpha value is -8.12. The molecule has 1 N–H and O–H groups in total. The Labute approximate surface area is 606 Å². The van der Waals surface area contributed by atoms with Crippen molar-refractivity contribution in [1.82, 2.24) is 20.0 Å². The number of amides is 1. The van der Waals surface area contributed by atoms with Crippen LogP contribution >= 0.6 is 11.6 Å². The Morgan fingerprint density at radius 1 is 0.440 bits per heavy atom. The second kappa shape index (κ2) is 54.7. The highest BCUT2D eigenvalue weighted by Gasteiger charge is 2.50. The number of ketones is 11. The van der Waals surface area contributed by atoms with Crippen LogP contribution in [0.2, 0.25) is 5.02 Å². The Morgan fingerprint density at radius 3 is 1.14 bits per heavy atom. The molecule has 2 heterocycles. The zero-order valence-electron chi connectivity index (χ0n) is 57.5. The van der Waals surface area contributed by atoms with Crippen LogP contribution in [0.4, 0.5) is 0 Å². The number of carbonyl (C=O) groups excluding carboxylic acids is 12. The van der Waals surface area contributed by atoms with Crippen molar-refractivity contribution >= 4 is 81.1 Å². The fraction of sp³-hybridized carbons (Fsp3) is 0.543. The fourth-order valence-corrected chi connectivity index (χ4v) is 8.28. The quantitative estimate of drug-likeness (QED) is 0.0418. The number of hydrogen-bond donors (Lipinski definition) is 1. The molecule has 19 heteroatoms. The van der Waals surface area contributed by atoms with Crippen LogP contribution < -0.4 is 0 Å². The van der Waals surface area contributed by atoms with E-state index in [0.29, 0.717) is 66.8 Å². The average molecular weight is 1420 g/mol. The minimum Gasteiger partial charge on any atom is -0.506 e. The molecule has 0 radical (unpaired) electrons. The predicted octanol–water partition coefficient (Wildman–Crippen LogP) is 19.1. The third-order valence-corrected chi connectivity index (χ3v) is 15.2. The number of aryl methyl sites for hydroxylation is 2. The Bertz CT molecular complexity index is 3230. The number of phenols is 1. The number of aromatic hydroxyl groups is 1. The number of halogens is 1. The zero-order valence-corrected chi connectivity index (χ0v) is 58.3. The number of Topliss-reactive ketones (excluding diaryl/α,β-unsaturated/α-hetero) is 11. The van der Waals surface area contributed by atoms with Crippen molar-refractivity contribution in [3.8, 4) is 5.75 Å². The highest BCUT2D eigenvalue weighted by molar-refractivity contribution is 6.32. The van der Waals surface area contributed by atoms with Gasteiger partial charge in [0, 0.05) is 150 Å². The predicted molar refractivity (Wildman–Crippen MR) is 408 cm³/mol. The van der Waals surface area contributed by atoms with Crippen LogP contribution in [0.15, 0.2) is 102 Å². The van der Waals surface area contributed by atoms with E-state index in [9.17, 15) is 62.6 Å². The van der Waals surface area contributed by atoms with Gasteiger partial charge < -0.3 is 14.5 Å². The maximum atomic E-state index is 12.3.